The average Bonchev–Trinajstić information content (AvgIpc) is 3.74. The molecule has 0 saturated carbocycles. The number of likely N-dealkylation sites (N-methyl/N-ethyl adjacent to an activating group) is 2. The molecule has 1 saturated heterocycles. The molecule has 4 N–H and O–H groups in total. The van der Waals surface area contributed by atoms with Gasteiger partial charge in [-0.05, 0) is 63.5 Å². The highest BCUT2D eigenvalue weighted by Crippen LogP contribution is 2.31. The predicted octanol–water partition coefficient (Wildman–Crippen LogP) is 3.63. The zero-order valence-corrected chi connectivity index (χ0v) is 41.5. The molecule has 1 aliphatic rings. The molecule has 2 rings (SSSR count). The fraction of sp³-hybridized carbons (Fsp3) is 0.688. The fourth-order valence-corrected chi connectivity index (χ4v) is 8.46. The van der Waals surface area contributed by atoms with Crippen LogP contribution in [0.4, 0.5) is 0 Å². The summed E-state index contributed by atoms with van der Waals surface area (Å²) in [6.45, 7) is 16.1. The Bertz CT molecular complexity index is 1790. The number of likely N-dealkylation sites (tertiary alicyclic amines) is 1. The van der Waals surface area contributed by atoms with Gasteiger partial charge in [-0.1, -0.05) is 78.8 Å². The van der Waals surface area contributed by atoms with Crippen molar-refractivity contribution in [3.05, 3.63) is 47.4 Å². The van der Waals surface area contributed by atoms with E-state index in [1.165, 1.54) is 19.1 Å². The van der Waals surface area contributed by atoms with E-state index in [4.69, 9.17) is 14.2 Å². The number of ether oxygens (including phenoxy) is 3. The third kappa shape index (κ3) is 16.7. The summed E-state index contributed by atoms with van der Waals surface area (Å²) in [4.78, 5) is 98.9. The van der Waals surface area contributed by atoms with Crippen LogP contribution in [0.5, 0.6) is 0 Å². The molecule has 66 heavy (non-hydrogen) atoms. The Labute approximate surface area is 391 Å². The number of methoxy groups -OCH3 is 2. The maximum absolute atomic E-state index is 14.4. The molecule has 0 spiro atoms. The quantitative estimate of drug-likeness (QED) is 0.0696. The van der Waals surface area contributed by atoms with E-state index < -0.39 is 73.1 Å². The summed E-state index contributed by atoms with van der Waals surface area (Å²) in [5, 5.41) is 24.2. The molecule has 0 aromatic heterocycles. The topological polar surface area (TPSA) is 225 Å². The van der Waals surface area contributed by atoms with Crippen molar-refractivity contribution in [3.8, 4) is 0 Å². The molecule has 4 amide bonds. The summed E-state index contributed by atoms with van der Waals surface area (Å²) in [5.74, 6) is -5.71. The number of carboxylic acids is 2. The highest BCUT2D eigenvalue weighted by molar-refractivity contribution is 5.91. The van der Waals surface area contributed by atoms with Crippen LogP contribution >= 0.6 is 0 Å². The lowest BCUT2D eigenvalue weighted by Crippen LogP contribution is -2.57. The predicted molar refractivity (Wildman–Crippen MR) is 249 cm³/mol. The molecule has 1 heterocycles. The number of benzene rings is 1. The van der Waals surface area contributed by atoms with Crippen molar-refractivity contribution in [2.75, 3.05) is 61.1 Å². The summed E-state index contributed by atoms with van der Waals surface area (Å²) < 4.78 is 17.3. The molecular formula is C48H78N6O12. The van der Waals surface area contributed by atoms with E-state index in [0.29, 0.717) is 37.3 Å². The lowest BCUT2D eigenvalue weighted by molar-refractivity contribution is -0.150. The number of allylic oxidation sites excluding steroid dienone is 1. The number of nitrogens with one attached hydrogen (secondary N) is 2. The summed E-state index contributed by atoms with van der Waals surface area (Å²) in [7, 11) is 6.46. The van der Waals surface area contributed by atoms with Crippen LogP contribution in [-0.4, -0.2) is 169 Å². The number of esters is 1. The smallest absolute Gasteiger partial charge is 0.329 e. The summed E-state index contributed by atoms with van der Waals surface area (Å²) >= 11 is 0. The molecule has 1 fully saturated rings. The molecule has 372 valence electrons. The number of carboxylic acid groups (broad SMARTS) is 2. The van der Waals surface area contributed by atoms with Gasteiger partial charge in [0.1, 0.15) is 24.4 Å². The number of carbonyl (C=O) groups excluding carboxylic acids is 5. The summed E-state index contributed by atoms with van der Waals surface area (Å²) in [6, 6.07) is 6.05. The van der Waals surface area contributed by atoms with Crippen molar-refractivity contribution < 1.29 is 58.0 Å². The van der Waals surface area contributed by atoms with Crippen molar-refractivity contribution in [3.63, 3.8) is 0 Å². The fourth-order valence-electron chi connectivity index (χ4n) is 8.46. The van der Waals surface area contributed by atoms with E-state index in [2.05, 4.69) is 10.6 Å². The normalized spacial score (nSPS) is 17.2. The van der Waals surface area contributed by atoms with Crippen LogP contribution in [-0.2, 0) is 54.2 Å². The molecule has 0 aliphatic carbocycles. The van der Waals surface area contributed by atoms with Gasteiger partial charge < -0.3 is 44.9 Å². The van der Waals surface area contributed by atoms with Crippen molar-refractivity contribution in [2.45, 2.75) is 131 Å². The number of nitrogens with zero attached hydrogens (tertiary/aromatic N) is 4. The summed E-state index contributed by atoms with van der Waals surface area (Å²) in [5.41, 5.74) is 1.25. The Morgan fingerprint density at radius 2 is 1.45 bits per heavy atom. The number of rotatable bonds is 28. The first-order valence-electron chi connectivity index (χ1n) is 23.1. The zero-order valence-electron chi connectivity index (χ0n) is 41.5. The van der Waals surface area contributed by atoms with Crippen molar-refractivity contribution >= 4 is 41.5 Å². The van der Waals surface area contributed by atoms with Crippen LogP contribution in [0.15, 0.2) is 41.8 Å². The van der Waals surface area contributed by atoms with Gasteiger partial charge in [0, 0.05) is 39.7 Å². The van der Waals surface area contributed by atoms with Crippen LogP contribution < -0.4 is 10.6 Å². The van der Waals surface area contributed by atoms with E-state index in [-0.39, 0.29) is 67.5 Å². The molecule has 0 bridgehead atoms. The van der Waals surface area contributed by atoms with E-state index >= 15 is 0 Å². The van der Waals surface area contributed by atoms with Gasteiger partial charge >= 0.3 is 17.9 Å². The van der Waals surface area contributed by atoms with E-state index in [1.807, 2.05) is 73.4 Å². The molecule has 0 unspecified atom stereocenters. The first-order chi connectivity index (χ1) is 31.0. The second kappa shape index (κ2) is 27.5. The Morgan fingerprint density at radius 3 is 1.95 bits per heavy atom. The first-order valence-corrected chi connectivity index (χ1v) is 23.1. The molecule has 18 heteroatoms. The SMILES string of the molecule is CC[C@H](C)/C(=C(\CC(=O)N1CCC[C@H]1[C@H](OC)[C@@H](C)C(=O)N[C@@H](Cc1ccccc1)C(=O)OCCN(CC(=O)O)CC(=O)O)OC)N(C)C(=O)[C@@H](NC(=O)[C@H](C(C)C)N(C)C(C)C)C(C)C. The number of hydrogen-bond acceptors (Lipinski definition) is 12. The van der Waals surface area contributed by atoms with Gasteiger partial charge in [0.05, 0.1) is 56.4 Å². The molecule has 1 aromatic rings. The van der Waals surface area contributed by atoms with Gasteiger partial charge in [0.15, 0.2) is 0 Å². The van der Waals surface area contributed by atoms with E-state index in [0.717, 1.165) is 10.5 Å². The highest BCUT2D eigenvalue weighted by Gasteiger charge is 2.42. The zero-order chi connectivity index (χ0) is 50.0. The van der Waals surface area contributed by atoms with E-state index in [9.17, 15) is 43.8 Å². The first kappa shape index (κ1) is 57.1. The molecular weight excluding hydrogens is 853 g/mol. The van der Waals surface area contributed by atoms with Gasteiger partial charge in [-0.3, -0.25) is 38.6 Å². The van der Waals surface area contributed by atoms with Crippen LogP contribution in [0.2, 0.25) is 0 Å². The van der Waals surface area contributed by atoms with Gasteiger partial charge in [-0.15, -0.1) is 0 Å². The largest absolute Gasteiger partial charge is 0.499 e. The third-order valence-electron chi connectivity index (χ3n) is 12.4. The lowest BCUT2D eigenvalue weighted by atomic mass is 9.93. The Morgan fingerprint density at radius 1 is 0.848 bits per heavy atom. The number of hydrogen-bond donors (Lipinski definition) is 4. The third-order valence-corrected chi connectivity index (χ3v) is 12.4. The van der Waals surface area contributed by atoms with Crippen molar-refractivity contribution in [1.82, 2.24) is 30.2 Å². The Kier molecular flexibility index (Phi) is 23.8. The van der Waals surface area contributed by atoms with Crippen LogP contribution in [0.3, 0.4) is 0 Å². The van der Waals surface area contributed by atoms with Crippen molar-refractivity contribution in [1.29, 1.82) is 0 Å². The van der Waals surface area contributed by atoms with Crippen LogP contribution in [0, 0.1) is 23.7 Å². The molecule has 7 atom stereocenters. The Balaban J connectivity index is 2.37. The number of carbonyl (C=O) groups is 7. The number of amides is 4. The number of aliphatic carboxylic acids is 2. The maximum Gasteiger partial charge on any atom is 0.329 e. The standard InChI is InChI=1S/C48H78N6O12/c1-14-32(8)43(52(11)47(62)41(29(2)3)50-46(61)42(30(4)5)51(10)31(6)7)37(64-12)26-38(55)54-22-18-21-36(54)44(65-13)33(9)45(60)49-35(25-34-19-16-15-17-20-34)48(63)66-24-23-53(27-39(56)57)28-40(58)59/h15-17,19-20,29-33,35-36,41-42,44H,14,18,21-28H2,1-13H3,(H,49,60)(H,50,61)(H,56,57)(H,58,59)/b43-37-/t32-,33+,35-,36-,41-,42-,44+/m0/s1. The highest BCUT2D eigenvalue weighted by atomic mass is 16.5. The minimum atomic E-state index is -1.24. The second-order valence-corrected chi connectivity index (χ2v) is 18.3. The minimum absolute atomic E-state index is 0.0136. The monoisotopic (exact) mass is 931 g/mol. The van der Waals surface area contributed by atoms with Gasteiger partial charge in [0.2, 0.25) is 23.6 Å². The van der Waals surface area contributed by atoms with Crippen molar-refractivity contribution in [2.24, 2.45) is 23.7 Å². The van der Waals surface area contributed by atoms with Crippen LogP contribution in [0.25, 0.3) is 0 Å². The molecule has 1 aromatic carbocycles. The lowest BCUT2D eigenvalue weighted by Gasteiger charge is -2.36. The average molecular weight is 931 g/mol. The summed E-state index contributed by atoms with van der Waals surface area (Å²) in [6.07, 6.45) is 0.878. The molecule has 1 aliphatic heterocycles. The molecule has 18 nitrogen and oxygen atoms in total. The van der Waals surface area contributed by atoms with Crippen LogP contribution in [0.1, 0.15) is 93.6 Å². The van der Waals surface area contributed by atoms with Gasteiger partial charge in [-0.2, -0.15) is 0 Å². The van der Waals surface area contributed by atoms with Gasteiger partial charge in [0.25, 0.3) is 0 Å². The molecule has 0 radical (unpaired) electrons. The van der Waals surface area contributed by atoms with Gasteiger partial charge in [-0.25, -0.2) is 4.79 Å². The minimum Gasteiger partial charge on any atom is -0.499 e. The second-order valence-electron chi connectivity index (χ2n) is 18.3. The maximum atomic E-state index is 14.4. The van der Waals surface area contributed by atoms with E-state index in [1.54, 1.807) is 43.1 Å². The Hall–Kier alpha value is -5.07.